The molecule has 0 radical (unpaired) electrons. The van der Waals surface area contributed by atoms with Crippen LogP contribution in [-0.4, -0.2) is 7.05 Å². The minimum Gasteiger partial charge on any atom is -0.344 e. The molecule has 0 N–H and O–H groups in total. The zero-order valence-corrected chi connectivity index (χ0v) is 25.8. The first-order valence-corrected chi connectivity index (χ1v) is 15.3. The Bertz CT molecular complexity index is 1860. The molecule has 1 aliphatic heterocycles. The van der Waals surface area contributed by atoms with Gasteiger partial charge in [0, 0.05) is 58.0 Å². The fourth-order valence-corrected chi connectivity index (χ4v) is 6.51. The maximum Gasteiger partial charge on any atom is 0.0466 e. The van der Waals surface area contributed by atoms with E-state index in [0.29, 0.717) is 0 Å². The van der Waals surface area contributed by atoms with Gasteiger partial charge in [-0.25, -0.2) is 0 Å². The van der Waals surface area contributed by atoms with Crippen molar-refractivity contribution in [2.24, 2.45) is 0 Å². The van der Waals surface area contributed by atoms with Crippen LogP contribution in [0.5, 0.6) is 0 Å². The van der Waals surface area contributed by atoms with Crippen molar-refractivity contribution in [3.05, 3.63) is 168 Å². The SMILES string of the molecule is Cc1ccc(N(c2ccccc2)c2ccc3c(c2)C(C)(C)c2cc(N(c4ccccc4)c4ccccc4)ccc2N3C)cc1. The Kier molecular flexibility index (Phi) is 6.94. The molecule has 0 unspecified atom stereocenters. The second-order valence-corrected chi connectivity index (χ2v) is 12.1. The van der Waals surface area contributed by atoms with Gasteiger partial charge in [0.1, 0.15) is 0 Å². The zero-order valence-electron chi connectivity index (χ0n) is 25.8. The number of anilines is 8. The largest absolute Gasteiger partial charge is 0.344 e. The average Bonchev–Trinajstić information content (AvgIpc) is 3.06. The van der Waals surface area contributed by atoms with Crippen molar-refractivity contribution in [3.8, 4) is 0 Å². The van der Waals surface area contributed by atoms with Gasteiger partial charge in [-0.3, -0.25) is 0 Å². The highest BCUT2D eigenvalue weighted by Gasteiger charge is 2.36. The predicted molar refractivity (Wildman–Crippen MR) is 187 cm³/mol. The third kappa shape index (κ3) is 4.81. The molecule has 216 valence electrons. The number of rotatable bonds is 6. The summed E-state index contributed by atoms with van der Waals surface area (Å²) >= 11 is 0. The minimum absolute atomic E-state index is 0.238. The van der Waals surface area contributed by atoms with Crippen LogP contribution in [0.1, 0.15) is 30.5 Å². The average molecular weight is 572 g/mol. The monoisotopic (exact) mass is 571 g/mol. The number of nitrogens with zero attached hydrogens (tertiary/aromatic N) is 3. The number of fused-ring (bicyclic) bond motifs is 2. The summed E-state index contributed by atoms with van der Waals surface area (Å²) < 4.78 is 0. The maximum absolute atomic E-state index is 2.39. The second-order valence-electron chi connectivity index (χ2n) is 12.1. The van der Waals surface area contributed by atoms with Crippen LogP contribution in [-0.2, 0) is 5.41 Å². The molecule has 0 aliphatic carbocycles. The lowest BCUT2D eigenvalue weighted by atomic mass is 9.73. The van der Waals surface area contributed by atoms with Crippen molar-refractivity contribution >= 4 is 45.5 Å². The van der Waals surface area contributed by atoms with Crippen LogP contribution in [0.4, 0.5) is 45.5 Å². The molecule has 1 heterocycles. The molecular weight excluding hydrogens is 534 g/mol. The maximum atomic E-state index is 2.39. The fraction of sp³-hybridized carbons (Fsp3) is 0.122. The smallest absolute Gasteiger partial charge is 0.0466 e. The summed E-state index contributed by atoms with van der Waals surface area (Å²) in [4.78, 5) is 7.04. The number of para-hydroxylation sites is 3. The Morgan fingerprint density at radius 2 is 0.773 bits per heavy atom. The molecule has 0 aromatic heterocycles. The molecule has 6 aromatic carbocycles. The lowest BCUT2D eigenvalue weighted by Crippen LogP contribution is -2.31. The van der Waals surface area contributed by atoms with Gasteiger partial charge in [-0.2, -0.15) is 0 Å². The summed E-state index contributed by atoms with van der Waals surface area (Å²) in [6.45, 7) is 6.86. The molecule has 0 bridgehead atoms. The summed E-state index contributed by atoms with van der Waals surface area (Å²) in [5.74, 6) is 0. The van der Waals surface area contributed by atoms with Crippen LogP contribution in [0.2, 0.25) is 0 Å². The van der Waals surface area contributed by atoms with E-state index in [9.17, 15) is 0 Å². The minimum atomic E-state index is -0.238. The molecule has 7 rings (SSSR count). The van der Waals surface area contributed by atoms with Crippen molar-refractivity contribution in [2.75, 3.05) is 21.7 Å². The molecule has 44 heavy (non-hydrogen) atoms. The first kappa shape index (κ1) is 27.5. The van der Waals surface area contributed by atoms with Gasteiger partial charge < -0.3 is 14.7 Å². The van der Waals surface area contributed by atoms with Crippen LogP contribution in [0.3, 0.4) is 0 Å². The van der Waals surface area contributed by atoms with Gasteiger partial charge in [0.25, 0.3) is 0 Å². The number of benzene rings is 6. The van der Waals surface area contributed by atoms with Gasteiger partial charge in [0.2, 0.25) is 0 Å². The van der Waals surface area contributed by atoms with E-state index >= 15 is 0 Å². The topological polar surface area (TPSA) is 9.72 Å². The van der Waals surface area contributed by atoms with E-state index in [-0.39, 0.29) is 5.41 Å². The van der Waals surface area contributed by atoms with Gasteiger partial charge in [0.05, 0.1) is 0 Å². The Morgan fingerprint density at radius 3 is 1.16 bits per heavy atom. The van der Waals surface area contributed by atoms with E-state index in [2.05, 4.69) is 194 Å². The summed E-state index contributed by atoms with van der Waals surface area (Å²) in [7, 11) is 2.19. The van der Waals surface area contributed by atoms with E-state index < -0.39 is 0 Å². The molecule has 0 saturated carbocycles. The van der Waals surface area contributed by atoms with Gasteiger partial charge in [-0.15, -0.1) is 0 Å². The molecule has 0 atom stereocenters. The van der Waals surface area contributed by atoms with E-state index in [1.165, 1.54) is 28.1 Å². The first-order valence-electron chi connectivity index (χ1n) is 15.3. The molecule has 0 fully saturated rings. The summed E-state index contributed by atoms with van der Waals surface area (Å²) in [5.41, 5.74) is 13.0. The van der Waals surface area contributed by atoms with E-state index in [1.807, 2.05) is 0 Å². The van der Waals surface area contributed by atoms with Crippen LogP contribution < -0.4 is 14.7 Å². The molecule has 3 nitrogen and oxygen atoms in total. The fourth-order valence-electron chi connectivity index (χ4n) is 6.51. The third-order valence-electron chi connectivity index (χ3n) is 8.88. The highest BCUT2D eigenvalue weighted by Crippen LogP contribution is 2.51. The highest BCUT2D eigenvalue weighted by molar-refractivity contribution is 5.86. The number of hydrogen-bond donors (Lipinski definition) is 0. The quantitative estimate of drug-likeness (QED) is 0.197. The van der Waals surface area contributed by atoms with E-state index in [1.54, 1.807) is 0 Å². The van der Waals surface area contributed by atoms with Crippen LogP contribution in [0.25, 0.3) is 0 Å². The Balaban J connectivity index is 1.36. The Labute approximate surface area is 261 Å². The summed E-state index contributed by atoms with van der Waals surface area (Å²) in [5, 5.41) is 0. The van der Waals surface area contributed by atoms with Crippen molar-refractivity contribution in [3.63, 3.8) is 0 Å². The van der Waals surface area contributed by atoms with Gasteiger partial charge >= 0.3 is 0 Å². The van der Waals surface area contributed by atoms with E-state index in [4.69, 9.17) is 0 Å². The second kappa shape index (κ2) is 11.1. The van der Waals surface area contributed by atoms with Crippen molar-refractivity contribution in [1.29, 1.82) is 0 Å². The van der Waals surface area contributed by atoms with E-state index in [0.717, 1.165) is 34.1 Å². The van der Waals surface area contributed by atoms with Gasteiger partial charge in [-0.1, -0.05) is 86.1 Å². The third-order valence-corrected chi connectivity index (χ3v) is 8.88. The summed E-state index contributed by atoms with van der Waals surface area (Å²) in [6.07, 6.45) is 0. The first-order chi connectivity index (χ1) is 21.4. The van der Waals surface area contributed by atoms with Crippen molar-refractivity contribution in [1.82, 2.24) is 0 Å². The number of aryl methyl sites for hydroxylation is 1. The molecule has 0 saturated heterocycles. The predicted octanol–water partition coefficient (Wildman–Crippen LogP) is 11.3. The standard InChI is InChI=1S/C41H37N3/c1-30-20-22-34(23-21-30)44(33-18-12-7-13-19-33)36-25-27-40-38(29-36)41(2,3)37-28-35(24-26-39(37)42(40)4)43(31-14-8-5-9-15-31)32-16-10-6-11-17-32/h5-29H,1-4H3. The zero-order chi connectivity index (χ0) is 30.3. The normalized spacial score (nSPS) is 13.1. The number of hydrogen-bond acceptors (Lipinski definition) is 3. The van der Waals surface area contributed by atoms with Crippen LogP contribution in [0.15, 0.2) is 152 Å². The van der Waals surface area contributed by atoms with Crippen LogP contribution in [0, 0.1) is 6.92 Å². The van der Waals surface area contributed by atoms with Gasteiger partial charge in [-0.05, 0) is 103 Å². The molecule has 0 spiro atoms. The Morgan fingerprint density at radius 1 is 0.432 bits per heavy atom. The molecule has 1 aliphatic rings. The van der Waals surface area contributed by atoms with Gasteiger partial charge in [0.15, 0.2) is 0 Å². The summed E-state index contributed by atoms with van der Waals surface area (Å²) in [6, 6.07) is 54.5. The Hall–Kier alpha value is -5.28. The molecular formula is C41H37N3. The molecule has 0 amide bonds. The molecule has 6 aromatic rings. The van der Waals surface area contributed by atoms with Crippen molar-refractivity contribution < 1.29 is 0 Å². The molecule has 3 heteroatoms. The lowest BCUT2D eigenvalue weighted by molar-refractivity contribution is 0.629. The highest BCUT2D eigenvalue weighted by atomic mass is 15.2. The van der Waals surface area contributed by atoms with Crippen LogP contribution >= 0.6 is 0 Å². The van der Waals surface area contributed by atoms with Crippen molar-refractivity contribution in [2.45, 2.75) is 26.2 Å². The lowest BCUT2D eigenvalue weighted by Gasteiger charge is -2.42.